The third-order valence-electron chi connectivity index (χ3n) is 4.69. The van der Waals surface area contributed by atoms with Gasteiger partial charge in [-0.25, -0.2) is 0 Å². The molecule has 0 radical (unpaired) electrons. The van der Waals surface area contributed by atoms with Crippen LogP contribution in [0.25, 0.3) is 10.9 Å². The lowest BCUT2D eigenvalue weighted by Crippen LogP contribution is -2.25. The minimum atomic E-state index is 0.512. The van der Waals surface area contributed by atoms with Crippen molar-refractivity contribution in [2.45, 2.75) is 52.2 Å². The third-order valence-corrected chi connectivity index (χ3v) is 4.69. The second-order valence-electron chi connectivity index (χ2n) is 6.67. The number of para-hydroxylation sites is 1. The molecule has 0 bridgehead atoms. The SMILES string of the molecule is CCCn1cc(CN[C@H](C)CCc2ccccc2)c2ccccc21. The lowest BCUT2D eigenvalue weighted by atomic mass is 10.1. The summed E-state index contributed by atoms with van der Waals surface area (Å²) in [5.41, 5.74) is 4.18. The number of nitrogens with zero attached hydrogens (tertiary/aromatic N) is 1. The van der Waals surface area contributed by atoms with Crippen LogP contribution >= 0.6 is 0 Å². The molecule has 1 N–H and O–H groups in total. The lowest BCUT2D eigenvalue weighted by Gasteiger charge is -2.13. The minimum Gasteiger partial charge on any atom is -0.347 e. The molecule has 2 heteroatoms. The zero-order valence-electron chi connectivity index (χ0n) is 14.8. The van der Waals surface area contributed by atoms with E-state index in [0.29, 0.717) is 6.04 Å². The van der Waals surface area contributed by atoms with Gasteiger partial charge in [0.15, 0.2) is 0 Å². The standard InChI is InChI=1S/C22H28N2/c1-3-15-24-17-20(21-11-7-8-12-22(21)24)16-23-18(2)13-14-19-9-5-4-6-10-19/h4-12,17-18,23H,3,13-16H2,1-2H3/t18-/m1/s1. The molecule has 2 nitrogen and oxygen atoms in total. The molecule has 0 fully saturated rings. The Morgan fingerprint density at radius 1 is 1.00 bits per heavy atom. The van der Waals surface area contributed by atoms with Crippen molar-refractivity contribution >= 4 is 10.9 Å². The summed E-state index contributed by atoms with van der Waals surface area (Å²) in [5.74, 6) is 0. The molecular formula is C22H28N2. The summed E-state index contributed by atoms with van der Waals surface area (Å²) in [4.78, 5) is 0. The molecule has 0 saturated carbocycles. The van der Waals surface area contributed by atoms with E-state index in [2.05, 4.69) is 84.5 Å². The largest absolute Gasteiger partial charge is 0.347 e. The van der Waals surface area contributed by atoms with E-state index in [4.69, 9.17) is 0 Å². The van der Waals surface area contributed by atoms with E-state index in [1.54, 1.807) is 0 Å². The van der Waals surface area contributed by atoms with Crippen molar-refractivity contribution in [3.8, 4) is 0 Å². The van der Waals surface area contributed by atoms with Crippen molar-refractivity contribution in [3.05, 3.63) is 71.9 Å². The van der Waals surface area contributed by atoms with Gasteiger partial charge in [-0.15, -0.1) is 0 Å². The van der Waals surface area contributed by atoms with Crippen LogP contribution in [0.3, 0.4) is 0 Å². The van der Waals surface area contributed by atoms with E-state index in [9.17, 15) is 0 Å². The van der Waals surface area contributed by atoms with Gasteiger partial charge in [0.1, 0.15) is 0 Å². The fraction of sp³-hybridized carbons (Fsp3) is 0.364. The number of aryl methyl sites for hydroxylation is 2. The van der Waals surface area contributed by atoms with E-state index in [-0.39, 0.29) is 0 Å². The Morgan fingerprint density at radius 3 is 2.54 bits per heavy atom. The van der Waals surface area contributed by atoms with Crippen LogP contribution in [-0.4, -0.2) is 10.6 Å². The van der Waals surface area contributed by atoms with Gasteiger partial charge in [0.2, 0.25) is 0 Å². The summed E-state index contributed by atoms with van der Waals surface area (Å²) in [7, 11) is 0. The summed E-state index contributed by atoms with van der Waals surface area (Å²) in [6.45, 7) is 6.55. The van der Waals surface area contributed by atoms with Crippen LogP contribution in [0.1, 0.15) is 37.8 Å². The highest BCUT2D eigenvalue weighted by molar-refractivity contribution is 5.83. The minimum absolute atomic E-state index is 0.512. The second kappa shape index (κ2) is 8.16. The molecule has 3 rings (SSSR count). The molecule has 0 unspecified atom stereocenters. The number of aromatic nitrogens is 1. The molecular weight excluding hydrogens is 292 g/mol. The number of benzene rings is 2. The molecule has 0 amide bonds. The van der Waals surface area contributed by atoms with Crippen LogP contribution in [-0.2, 0) is 19.5 Å². The first-order valence-corrected chi connectivity index (χ1v) is 9.12. The van der Waals surface area contributed by atoms with Crippen molar-refractivity contribution in [2.75, 3.05) is 0 Å². The number of nitrogens with one attached hydrogen (secondary N) is 1. The highest BCUT2D eigenvalue weighted by atomic mass is 15.0. The van der Waals surface area contributed by atoms with E-state index < -0.39 is 0 Å². The molecule has 126 valence electrons. The number of hydrogen-bond donors (Lipinski definition) is 1. The summed E-state index contributed by atoms with van der Waals surface area (Å²) in [5, 5.41) is 5.09. The van der Waals surface area contributed by atoms with Gasteiger partial charge >= 0.3 is 0 Å². The van der Waals surface area contributed by atoms with Gasteiger partial charge in [-0.05, 0) is 43.4 Å². The Labute approximate surface area is 145 Å². The number of rotatable bonds is 8. The monoisotopic (exact) mass is 320 g/mol. The molecule has 24 heavy (non-hydrogen) atoms. The van der Waals surface area contributed by atoms with E-state index in [1.807, 2.05) is 0 Å². The first-order valence-electron chi connectivity index (χ1n) is 9.12. The molecule has 1 heterocycles. The highest BCUT2D eigenvalue weighted by Gasteiger charge is 2.09. The van der Waals surface area contributed by atoms with Crippen LogP contribution in [0, 0.1) is 0 Å². The maximum absolute atomic E-state index is 3.70. The van der Waals surface area contributed by atoms with E-state index in [0.717, 1.165) is 25.9 Å². The van der Waals surface area contributed by atoms with E-state index >= 15 is 0 Å². The first kappa shape index (κ1) is 16.8. The van der Waals surface area contributed by atoms with Crippen molar-refractivity contribution in [3.63, 3.8) is 0 Å². The second-order valence-corrected chi connectivity index (χ2v) is 6.67. The zero-order valence-corrected chi connectivity index (χ0v) is 14.8. The van der Waals surface area contributed by atoms with Gasteiger partial charge in [0, 0.05) is 36.2 Å². The Balaban J connectivity index is 1.61. The molecule has 3 aromatic rings. The fourth-order valence-corrected chi connectivity index (χ4v) is 3.30. The fourth-order valence-electron chi connectivity index (χ4n) is 3.30. The smallest absolute Gasteiger partial charge is 0.0483 e. The Hall–Kier alpha value is -2.06. The van der Waals surface area contributed by atoms with Crippen LogP contribution in [0.15, 0.2) is 60.8 Å². The molecule has 1 atom stereocenters. The van der Waals surface area contributed by atoms with Gasteiger partial charge in [-0.2, -0.15) is 0 Å². The van der Waals surface area contributed by atoms with Gasteiger partial charge in [-0.1, -0.05) is 55.5 Å². The van der Waals surface area contributed by atoms with E-state index in [1.165, 1.54) is 28.5 Å². The van der Waals surface area contributed by atoms with Gasteiger partial charge in [-0.3, -0.25) is 0 Å². The predicted molar refractivity (Wildman–Crippen MR) is 103 cm³/mol. The first-order chi connectivity index (χ1) is 11.8. The molecule has 1 aromatic heterocycles. The predicted octanol–water partition coefficient (Wildman–Crippen LogP) is 5.16. The maximum Gasteiger partial charge on any atom is 0.0483 e. The summed E-state index contributed by atoms with van der Waals surface area (Å²) < 4.78 is 2.39. The molecule has 2 aromatic carbocycles. The van der Waals surface area contributed by atoms with Crippen molar-refractivity contribution < 1.29 is 0 Å². The highest BCUT2D eigenvalue weighted by Crippen LogP contribution is 2.21. The van der Waals surface area contributed by atoms with Gasteiger partial charge in [0.25, 0.3) is 0 Å². The van der Waals surface area contributed by atoms with Crippen LogP contribution < -0.4 is 5.32 Å². The molecule has 0 spiro atoms. The summed E-state index contributed by atoms with van der Waals surface area (Å²) in [6, 6.07) is 20.0. The quantitative estimate of drug-likeness (QED) is 0.606. The number of fused-ring (bicyclic) bond motifs is 1. The summed E-state index contributed by atoms with van der Waals surface area (Å²) >= 11 is 0. The van der Waals surface area contributed by atoms with Crippen molar-refractivity contribution in [1.29, 1.82) is 0 Å². The normalized spacial score (nSPS) is 12.6. The Morgan fingerprint density at radius 2 is 1.75 bits per heavy atom. The average molecular weight is 320 g/mol. The average Bonchev–Trinajstić information content (AvgIpc) is 2.97. The van der Waals surface area contributed by atoms with Crippen molar-refractivity contribution in [1.82, 2.24) is 9.88 Å². The molecule has 0 aliphatic rings. The maximum atomic E-state index is 3.70. The Kier molecular flexibility index (Phi) is 5.71. The zero-order chi connectivity index (χ0) is 16.8. The van der Waals surface area contributed by atoms with Crippen LogP contribution in [0.2, 0.25) is 0 Å². The van der Waals surface area contributed by atoms with Gasteiger partial charge < -0.3 is 9.88 Å². The molecule has 0 aliphatic carbocycles. The van der Waals surface area contributed by atoms with Crippen molar-refractivity contribution in [2.24, 2.45) is 0 Å². The lowest BCUT2D eigenvalue weighted by molar-refractivity contribution is 0.514. The topological polar surface area (TPSA) is 17.0 Å². The third kappa shape index (κ3) is 4.07. The van der Waals surface area contributed by atoms with Crippen LogP contribution in [0.4, 0.5) is 0 Å². The van der Waals surface area contributed by atoms with Crippen LogP contribution in [0.5, 0.6) is 0 Å². The summed E-state index contributed by atoms with van der Waals surface area (Å²) in [6.07, 6.45) is 5.79. The molecule has 0 saturated heterocycles. The number of hydrogen-bond acceptors (Lipinski definition) is 1. The molecule has 0 aliphatic heterocycles. The Bertz CT molecular complexity index is 758. The van der Waals surface area contributed by atoms with Gasteiger partial charge in [0.05, 0.1) is 0 Å².